The summed E-state index contributed by atoms with van der Waals surface area (Å²) in [6.07, 6.45) is 1.80. The van der Waals surface area contributed by atoms with Gasteiger partial charge in [0.25, 0.3) is 0 Å². The van der Waals surface area contributed by atoms with Crippen molar-refractivity contribution in [2.75, 3.05) is 6.61 Å². The lowest BCUT2D eigenvalue weighted by Crippen LogP contribution is -2.65. The molecular weight excluding hydrogens is 424 g/mol. The number of carboxylic acids is 2. The Balaban J connectivity index is 1.96. The van der Waals surface area contributed by atoms with Crippen LogP contribution < -0.4 is 0 Å². The maximum absolute atomic E-state index is 12.3. The van der Waals surface area contributed by atoms with Gasteiger partial charge < -0.3 is 19.4 Å². The van der Waals surface area contributed by atoms with Gasteiger partial charge in [-0.15, -0.1) is 0 Å². The van der Waals surface area contributed by atoms with Crippen LogP contribution in [0.2, 0.25) is 13.1 Å². The molecule has 7 heteroatoms. The topological polar surface area (TPSA) is 93.1 Å². The molecule has 0 radical (unpaired) electrons. The van der Waals surface area contributed by atoms with Crippen LogP contribution in [0.1, 0.15) is 45.6 Å². The Labute approximate surface area is 192 Å². The number of hydrogen-bond donors (Lipinski definition) is 2. The van der Waals surface area contributed by atoms with Crippen LogP contribution in [0, 0.1) is 5.41 Å². The van der Waals surface area contributed by atoms with E-state index in [1.165, 1.54) is 16.3 Å². The van der Waals surface area contributed by atoms with Gasteiger partial charge in [0.15, 0.2) is 20.7 Å². The van der Waals surface area contributed by atoms with E-state index in [2.05, 4.69) is 30.3 Å². The molecule has 2 aromatic carbocycles. The minimum absolute atomic E-state index is 0.169. The molecule has 2 rings (SSSR count). The number of carboxylic acid groups (broad SMARTS) is 2. The third kappa shape index (κ3) is 6.18. The van der Waals surface area contributed by atoms with Crippen LogP contribution in [0.15, 0.2) is 42.5 Å². The van der Waals surface area contributed by atoms with Crippen LogP contribution in [0.5, 0.6) is 0 Å². The van der Waals surface area contributed by atoms with Crippen LogP contribution in [-0.4, -0.2) is 49.5 Å². The monoisotopic (exact) mass is 460 g/mol. The van der Waals surface area contributed by atoms with E-state index in [0.29, 0.717) is 6.42 Å². The molecule has 0 unspecified atom stereocenters. The van der Waals surface area contributed by atoms with Crippen molar-refractivity contribution >= 4 is 31.8 Å². The molecule has 0 fully saturated rings. The molecule has 0 aliphatic heterocycles. The lowest BCUT2D eigenvalue weighted by Gasteiger charge is -2.45. The highest BCUT2D eigenvalue weighted by Crippen LogP contribution is 2.39. The molecule has 0 spiro atoms. The van der Waals surface area contributed by atoms with E-state index in [1.807, 2.05) is 25.2 Å². The highest BCUT2D eigenvalue weighted by molar-refractivity contribution is 6.48. The van der Waals surface area contributed by atoms with Crippen molar-refractivity contribution < 1.29 is 29.0 Å². The van der Waals surface area contributed by atoms with Gasteiger partial charge >= 0.3 is 11.9 Å². The second-order valence-corrected chi connectivity index (χ2v) is 11.9. The van der Waals surface area contributed by atoms with E-state index in [4.69, 9.17) is 9.16 Å². The summed E-state index contributed by atoms with van der Waals surface area (Å²) in [5.41, 5.74) is -1.64. The number of ether oxygens (including phenoxy) is 1. The summed E-state index contributed by atoms with van der Waals surface area (Å²) in [6, 6.07) is 14.7. The first-order valence-corrected chi connectivity index (χ1v) is 14.0. The van der Waals surface area contributed by atoms with Gasteiger partial charge in [0, 0.05) is 12.0 Å². The first-order valence-electron chi connectivity index (χ1n) is 11.2. The molecule has 0 bridgehead atoms. The van der Waals surface area contributed by atoms with Gasteiger partial charge in [-0.25, -0.2) is 9.59 Å². The van der Waals surface area contributed by atoms with Crippen LogP contribution in [-0.2, 0) is 25.2 Å². The molecule has 0 aliphatic carbocycles. The average molecular weight is 461 g/mol. The van der Waals surface area contributed by atoms with Gasteiger partial charge in [0.2, 0.25) is 0 Å². The Morgan fingerprint density at radius 3 is 2.19 bits per heavy atom. The summed E-state index contributed by atoms with van der Waals surface area (Å²) < 4.78 is 11.6. The van der Waals surface area contributed by atoms with Crippen molar-refractivity contribution in [3.63, 3.8) is 0 Å². The normalized spacial score (nSPS) is 14.9. The van der Waals surface area contributed by atoms with Gasteiger partial charge in [-0.05, 0) is 48.7 Å². The lowest BCUT2D eigenvalue weighted by atomic mass is 9.72. The van der Waals surface area contributed by atoms with Crippen molar-refractivity contribution in [3.8, 4) is 0 Å². The largest absolute Gasteiger partial charge is 0.479 e. The third-order valence-electron chi connectivity index (χ3n) is 5.66. The third-order valence-corrected chi connectivity index (χ3v) is 6.50. The number of carbonyl (C=O) groups is 2. The first kappa shape index (κ1) is 26.0. The van der Waals surface area contributed by atoms with E-state index < -0.39 is 38.1 Å². The second-order valence-electron chi connectivity index (χ2n) is 9.54. The molecule has 2 atom stereocenters. The summed E-state index contributed by atoms with van der Waals surface area (Å²) in [4.78, 5) is 24.3. The van der Waals surface area contributed by atoms with Crippen molar-refractivity contribution in [3.05, 3.63) is 48.0 Å². The molecular formula is C25H36O6Si. The van der Waals surface area contributed by atoms with Crippen molar-refractivity contribution in [2.45, 2.75) is 71.3 Å². The quantitative estimate of drug-likeness (QED) is 0.346. The molecule has 0 aliphatic rings. The molecule has 2 aromatic rings. The smallest absolute Gasteiger partial charge is 0.338 e. The van der Waals surface area contributed by atoms with Crippen LogP contribution >= 0.6 is 0 Å². The highest BCUT2D eigenvalue weighted by atomic mass is 28.3. The zero-order chi connectivity index (χ0) is 23.9. The number of aryl methyl sites for hydroxylation is 1. The number of rotatable bonds is 12. The van der Waals surface area contributed by atoms with E-state index in [-0.39, 0.29) is 6.61 Å². The maximum atomic E-state index is 12.3. The highest BCUT2D eigenvalue weighted by Gasteiger charge is 2.60. The standard InChI is InChI=1S/C25H36O6Si/c1-24(2,3)25(23(28)29,31-32(4)5)21(22(26)27)30-16-10-6-7-11-18-14-15-19-12-8-9-13-20(19)17-18/h8-9,12-15,17,21,32H,6-7,10-11,16H2,1-5H3,(H,26,27)(H,28,29)/t21-,25+/m0/s1. The molecule has 0 saturated carbocycles. The van der Waals surface area contributed by atoms with Crippen LogP contribution in [0.25, 0.3) is 10.8 Å². The summed E-state index contributed by atoms with van der Waals surface area (Å²) in [5.74, 6) is -2.61. The van der Waals surface area contributed by atoms with E-state index in [9.17, 15) is 19.8 Å². The maximum Gasteiger partial charge on any atom is 0.338 e. The Hall–Kier alpha value is -2.22. The molecule has 32 heavy (non-hydrogen) atoms. The molecule has 0 aromatic heterocycles. The SMILES string of the molecule is C[SiH](C)O[C@@](C(=O)O)([C@@H](OCCCCCc1ccc2ccccc2c1)C(=O)O)C(C)(C)C. The van der Waals surface area contributed by atoms with Crippen LogP contribution in [0.4, 0.5) is 0 Å². The summed E-state index contributed by atoms with van der Waals surface area (Å²) in [7, 11) is -1.88. The lowest BCUT2D eigenvalue weighted by molar-refractivity contribution is -0.202. The van der Waals surface area contributed by atoms with Crippen molar-refractivity contribution in [1.29, 1.82) is 0 Å². The zero-order valence-corrected chi connectivity index (χ0v) is 20.9. The molecule has 2 N–H and O–H groups in total. The fourth-order valence-electron chi connectivity index (χ4n) is 4.05. The first-order chi connectivity index (χ1) is 15.0. The van der Waals surface area contributed by atoms with Gasteiger partial charge in [-0.3, -0.25) is 0 Å². The summed E-state index contributed by atoms with van der Waals surface area (Å²) in [6.45, 7) is 8.87. The average Bonchev–Trinajstić information content (AvgIpc) is 2.70. The summed E-state index contributed by atoms with van der Waals surface area (Å²) >= 11 is 0. The molecule has 6 nitrogen and oxygen atoms in total. The Morgan fingerprint density at radius 2 is 1.62 bits per heavy atom. The Morgan fingerprint density at radius 1 is 0.969 bits per heavy atom. The minimum atomic E-state index is -1.94. The van der Waals surface area contributed by atoms with Crippen LogP contribution in [0.3, 0.4) is 0 Å². The Bertz CT molecular complexity index is 920. The second kappa shape index (κ2) is 11.1. The Kier molecular flexibility index (Phi) is 9.01. The van der Waals surface area contributed by atoms with Gasteiger partial charge in [-0.2, -0.15) is 0 Å². The molecule has 176 valence electrons. The van der Waals surface area contributed by atoms with Gasteiger partial charge in [0.05, 0.1) is 0 Å². The number of benzene rings is 2. The van der Waals surface area contributed by atoms with Gasteiger partial charge in [0.1, 0.15) is 0 Å². The van der Waals surface area contributed by atoms with E-state index in [0.717, 1.165) is 19.3 Å². The van der Waals surface area contributed by atoms with Crippen molar-refractivity contribution in [1.82, 2.24) is 0 Å². The van der Waals surface area contributed by atoms with Crippen molar-refractivity contribution in [2.24, 2.45) is 5.41 Å². The number of hydrogen-bond acceptors (Lipinski definition) is 4. The molecule has 0 saturated heterocycles. The minimum Gasteiger partial charge on any atom is -0.479 e. The predicted octanol–water partition coefficient (Wildman–Crippen LogP) is 4.89. The van der Waals surface area contributed by atoms with E-state index in [1.54, 1.807) is 20.8 Å². The fraction of sp³-hybridized carbons (Fsp3) is 0.520. The van der Waals surface area contributed by atoms with Gasteiger partial charge in [-0.1, -0.05) is 69.7 Å². The summed E-state index contributed by atoms with van der Waals surface area (Å²) in [5, 5.41) is 22.3. The number of fused-ring (bicyclic) bond motifs is 1. The fourth-order valence-corrected chi connectivity index (χ4v) is 5.37. The number of unbranched alkanes of at least 4 members (excludes halogenated alkanes) is 2. The van der Waals surface area contributed by atoms with E-state index >= 15 is 0 Å². The zero-order valence-electron chi connectivity index (χ0n) is 19.8. The molecule has 0 amide bonds. The number of aliphatic carboxylic acids is 2. The predicted molar refractivity (Wildman–Crippen MR) is 129 cm³/mol. The molecule has 0 heterocycles.